The summed E-state index contributed by atoms with van der Waals surface area (Å²) in [7, 11) is 2.11. The van der Waals surface area contributed by atoms with Gasteiger partial charge in [0, 0.05) is 44.5 Å². The Morgan fingerprint density at radius 2 is 1.49 bits per heavy atom. The zero-order valence-electron chi connectivity index (χ0n) is 26.9. The monoisotopic (exact) mass is 636 g/mol. The Labute approximate surface area is 277 Å². The quantitative estimate of drug-likeness (QED) is 0.123. The van der Waals surface area contributed by atoms with E-state index in [1.165, 1.54) is 5.56 Å². The van der Waals surface area contributed by atoms with Crippen molar-refractivity contribution >= 4 is 11.9 Å². The number of nitrogens with zero attached hydrogens (tertiary/aromatic N) is 1. The van der Waals surface area contributed by atoms with Gasteiger partial charge in [-0.2, -0.15) is 0 Å². The molecule has 3 atom stereocenters. The summed E-state index contributed by atoms with van der Waals surface area (Å²) in [6.45, 7) is 1.96. The van der Waals surface area contributed by atoms with Gasteiger partial charge in [-0.3, -0.25) is 14.5 Å². The Hall–Kier alpha value is -4.34. The summed E-state index contributed by atoms with van der Waals surface area (Å²) in [6.07, 6.45) is 1.36. The molecule has 1 heterocycles. The highest BCUT2D eigenvalue weighted by Gasteiger charge is 2.32. The third-order valence-electron chi connectivity index (χ3n) is 8.46. The van der Waals surface area contributed by atoms with Crippen LogP contribution in [0.4, 0.5) is 0 Å². The van der Waals surface area contributed by atoms with Crippen LogP contribution in [0.3, 0.4) is 0 Å². The lowest BCUT2D eigenvalue weighted by Gasteiger charge is -2.38. The van der Waals surface area contributed by atoms with E-state index in [-0.39, 0.29) is 31.1 Å². The van der Waals surface area contributed by atoms with Crippen LogP contribution in [0.5, 0.6) is 0 Å². The number of benzene rings is 4. The van der Waals surface area contributed by atoms with E-state index in [0.29, 0.717) is 32.2 Å². The average Bonchev–Trinajstić information content (AvgIpc) is 3.09. The minimum Gasteiger partial charge on any atom is -0.481 e. The largest absolute Gasteiger partial charge is 0.481 e. The lowest BCUT2D eigenvalue weighted by molar-refractivity contribution is -0.252. The van der Waals surface area contributed by atoms with Gasteiger partial charge in [-0.25, -0.2) is 0 Å². The summed E-state index contributed by atoms with van der Waals surface area (Å²) in [5.41, 5.74) is 7.14. The van der Waals surface area contributed by atoms with Crippen molar-refractivity contribution in [2.24, 2.45) is 0 Å². The normalized spacial score (nSPS) is 17.8. The number of hydrogen-bond acceptors (Lipinski definition) is 6. The lowest BCUT2D eigenvalue weighted by Crippen LogP contribution is -2.37. The molecule has 0 aliphatic carbocycles. The molecule has 47 heavy (non-hydrogen) atoms. The Kier molecular flexibility index (Phi) is 12.3. The number of carbonyl (C=O) groups is 2. The van der Waals surface area contributed by atoms with Crippen molar-refractivity contribution in [2.75, 3.05) is 13.6 Å². The van der Waals surface area contributed by atoms with Crippen LogP contribution in [0.15, 0.2) is 103 Å². The smallest absolute Gasteiger partial charge is 0.303 e. The van der Waals surface area contributed by atoms with Crippen LogP contribution >= 0.6 is 0 Å². The number of likely N-dealkylation sites (N-methyl/N-ethyl adjacent to an activating group) is 1. The molecule has 0 unspecified atom stereocenters. The minimum atomic E-state index is -0.841. The van der Waals surface area contributed by atoms with Gasteiger partial charge < -0.3 is 25.0 Å². The van der Waals surface area contributed by atoms with Gasteiger partial charge in [-0.1, -0.05) is 103 Å². The van der Waals surface area contributed by atoms with Crippen LogP contribution in [0, 0.1) is 0 Å². The fraction of sp³-hybridized carbons (Fsp3) is 0.333. The number of aliphatic hydroxyl groups is 1. The van der Waals surface area contributed by atoms with E-state index < -0.39 is 12.3 Å². The predicted molar refractivity (Wildman–Crippen MR) is 181 cm³/mol. The molecule has 4 aromatic carbocycles. The molecular weight excluding hydrogens is 592 g/mol. The van der Waals surface area contributed by atoms with E-state index in [1.807, 2.05) is 66.7 Å². The molecule has 8 heteroatoms. The molecule has 0 saturated carbocycles. The van der Waals surface area contributed by atoms with Crippen molar-refractivity contribution in [3.05, 3.63) is 131 Å². The molecule has 0 bridgehead atoms. The van der Waals surface area contributed by atoms with Crippen molar-refractivity contribution < 1.29 is 29.3 Å². The Balaban J connectivity index is 1.27. The number of carbonyl (C=O) groups excluding carboxylic acids is 1. The summed E-state index contributed by atoms with van der Waals surface area (Å²) >= 11 is 0. The molecule has 1 fully saturated rings. The molecular formula is C39H44N2O6. The number of ether oxygens (including phenoxy) is 2. The second-order valence-corrected chi connectivity index (χ2v) is 12.2. The molecule has 0 spiro atoms. The van der Waals surface area contributed by atoms with E-state index in [9.17, 15) is 14.7 Å². The SMILES string of the molecule is CN(Cc1ccccc1)C[C@H]1C[C@@H](c2ccc(CO)cc2)O[C@@H](c2ccc(-c3ccccc3CNC(=O)CCCCC(=O)O)cc2)O1. The Morgan fingerprint density at radius 3 is 2.21 bits per heavy atom. The summed E-state index contributed by atoms with van der Waals surface area (Å²) in [5.74, 6) is -0.928. The predicted octanol–water partition coefficient (Wildman–Crippen LogP) is 6.78. The van der Waals surface area contributed by atoms with Gasteiger partial charge in [-0.05, 0) is 53.3 Å². The number of carboxylic acid groups (broad SMARTS) is 1. The maximum Gasteiger partial charge on any atom is 0.303 e. The molecule has 1 aliphatic heterocycles. The minimum absolute atomic E-state index is 0.000884. The number of aliphatic hydroxyl groups excluding tert-OH is 1. The number of rotatable bonds is 15. The van der Waals surface area contributed by atoms with Crippen molar-refractivity contribution in [3.8, 4) is 11.1 Å². The summed E-state index contributed by atoms with van der Waals surface area (Å²) < 4.78 is 13.1. The van der Waals surface area contributed by atoms with Crippen LogP contribution in [-0.4, -0.2) is 46.7 Å². The lowest BCUT2D eigenvalue weighted by atomic mass is 9.97. The van der Waals surface area contributed by atoms with Gasteiger partial charge in [0.1, 0.15) is 0 Å². The molecule has 0 radical (unpaired) electrons. The third-order valence-corrected chi connectivity index (χ3v) is 8.46. The first-order valence-corrected chi connectivity index (χ1v) is 16.3. The van der Waals surface area contributed by atoms with E-state index >= 15 is 0 Å². The van der Waals surface area contributed by atoms with Crippen LogP contribution in [0.1, 0.15) is 72.3 Å². The van der Waals surface area contributed by atoms with Crippen molar-refractivity contribution in [2.45, 2.75) is 70.3 Å². The number of nitrogens with one attached hydrogen (secondary N) is 1. The van der Waals surface area contributed by atoms with Gasteiger partial charge in [0.15, 0.2) is 6.29 Å². The third kappa shape index (κ3) is 10.1. The molecule has 8 nitrogen and oxygen atoms in total. The highest BCUT2D eigenvalue weighted by molar-refractivity contribution is 5.76. The first-order valence-electron chi connectivity index (χ1n) is 16.3. The fourth-order valence-corrected chi connectivity index (χ4v) is 5.96. The van der Waals surface area contributed by atoms with Crippen molar-refractivity contribution in [1.29, 1.82) is 0 Å². The highest BCUT2D eigenvalue weighted by atomic mass is 16.7. The molecule has 0 aromatic heterocycles. The standard InChI is InChI=1S/C39H44N2O6/c1-41(25-28-9-3-2-4-10-28)26-34-23-36(31-17-15-29(27-42)16-18-31)47-39(46-34)32-21-19-30(20-22-32)35-12-6-5-11-33(35)24-40-37(43)13-7-8-14-38(44)45/h2-6,9-12,15-22,34,36,39,42H,7-8,13-14,23-27H2,1H3,(H,40,43)(H,44,45)/t34-,36+,39+/m1/s1. The van der Waals surface area contributed by atoms with E-state index in [1.54, 1.807) is 0 Å². The van der Waals surface area contributed by atoms with Gasteiger partial charge in [0.05, 0.1) is 18.8 Å². The van der Waals surface area contributed by atoms with Crippen LogP contribution in [0.2, 0.25) is 0 Å². The number of carboxylic acids is 1. The van der Waals surface area contributed by atoms with Crippen LogP contribution in [0.25, 0.3) is 11.1 Å². The number of hydrogen-bond donors (Lipinski definition) is 3. The maximum atomic E-state index is 12.4. The molecule has 246 valence electrons. The fourth-order valence-electron chi connectivity index (χ4n) is 5.96. The number of amides is 1. The van der Waals surface area contributed by atoms with E-state index in [4.69, 9.17) is 14.6 Å². The zero-order chi connectivity index (χ0) is 33.0. The number of aliphatic carboxylic acids is 1. The zero-order valence-corrected chi connectivity index (χ0v) is 26.9. The topological polar surface area (TPSA) is 108 Å². The second-order valence-electron chi connectivity index (χ2n) is 12.2. The van der Waals surface area contributed by atoms with Gasteiger partial charge in [0.25, 0.3) is 0 Å². The molecule has 1 saturated heterocycles. The molecule has 4 aromatic rings. The van der Waals surface area contributed by atoms with Crippen molar-refractivity contribution in [3.63, 3.8) is 0 Å². The average molecular weight is 637 g/mol. The van der Waals surface area contributed by atoms with Gasteiger partial charge in [0.2, 0.25) is 5.91 Å². The first kappa shape index (κ1) is 34.0. The summed E-state index contributed by atoms with van der Waals surface area (Å²) in [5, 5.41) is 21.3. The Morgan fingerprint density at radius 1 is 0.809 bits per heavy atom. The maximum absolute atomic E-state index is 12.4. The molecule has 5 rings (SSSR count). The van der Waals surface area contributed by atoms with Gasteiger partial charge in [-0.15, -0.1) is 0 Å². The Bertz CT molecular complexity index is 1580. The molecule has 1 amide bonds. The van der Waals surface area contributed by atoms with E-state index in [2.05, 4.69) is 53.7 Å². The number of unbranched alkanes of at least 4 members (excludes halogenated alkanes) is 1. The van der Waals surface area contributed by atoms with Crippen molar-refractivity contribution in [1.82, 2.24) is 10.2 Å². The molecule has 3 N–H and O–H groups in total. The molecule has 1 aliphatic rings. The van der Waals surface area contributed by atoms with Crippen LogP contribution < -0.4 is 5.32 Å². The second kappa shape index (κ2) is 17.0. The summed E-state index contributed by atoms with van der Waals surface area (Å²) in [4.78, 5) is 25.4. The summed E-state index contributed by atoms with van der Waals surface area (Å²) in [6, 6.07) is 34.5. The van der Waals surface area contributed by atoms with E-state index in [0.717, 1.165) is 46.5 Å². The highest BCUT2D eigenvalue weighted by Crippen LogP contribution is 2.39. The van der Waals surface area contributed by atoms with Gasteiger partial charge >= 0.3 is 5.97 Å². The first-order chi connectivity index (χ1) is 22.9. The van der Waals surface area contributed by atoms with Crippen LogP contribution in [-0.2, 0) is 38.8 Å².